The molecule has 1 aromatic rings. The van der Waals surface area contributed by atoms with Crippen LogP contribution in [0.2, 0.25) is 0 Å². The number of nitrogens with one attached hydrogen (secondary N) is 2. The molecule has 96 valence electrons. The average Bonchev–Trinajstić information content (AvgIpc) is 2.41. The predicted molar refractivity (Wildman–Crippen MR) is 68.6 cm³/mol. The summed E-state index contributed by atoms with van der Waals surface area (Å²) in [5.74, 6) is -0.0564. The highest BCUT2D eigenvalue weighted by molar-refractivity contribution is 5.82. The molecule has 1 aliphatic rings. The van der Waals surface area contributed by atoms with Crippen molar-refractivity contribution in [2.75, 3.05) is 32.8 Å². The lowest BCUT2D eigenvalue weighted by atomic mass is 10.2. The summed E-state index contributed by atoms with van der Waals surface area (Å²) >= 11 is 0. The number of hydrogen-bond acceptors (Lipinski definition) is 3. The maximum atomic E-state index is 11.6. The molecule has 0 radical (unpaired) electrons. The van der Waals surface area contributed by atoms with Gasteiger partial charge in [0.25, 0.3) is 5.91 Å². The van der Waals surface area contributed by atoms with E-state index in [-0.39, 0.29) is 5.91 Å². The van der Waals surface area contributed by atoms with Gasteiger partial charge in [0, 0.05) is 0 Å². The molecule has 1 heterocycles. The molecular formula is C13H18N3O2+. The topological polar surface area (TPSA) is 55.1 Å². The molecule has 0 atom stereocenters. The Kier molecular flexibility index (Phi) is 4.87. The van der Waals surface area contributed by atoms with Crippen molar-refractivity contribution in [3.05, 3.63) is 35.9 Å². The van der Waals surface area contributed by atoms with E-state index in [1.54, 1.807) is 6.21 Å². The minimum Gasteiger partial charge on any atom is -0.370 e. The minimum absolute atomic E-state index is 0.0564. The molecule has 2 N–H and O–H groups in total. The monoisotopic (exact) mass is 248 g/mol. The molecule has 2 rings (SSSR count). The van der Waals surface area contributed by atoms with Crippen molar-refractivity contribution in [3.63, 3.8) is 0 Å². The van der Waals surface area contributed by atoms with E-state index in [2.05, 4.69) is 10.5 Å². The van der Waals surface area contributed by atoms with Gasteiger partial charge in [-0.15, -0.1) is 0 Å². The first-order chi connectivity index (χ1) is 8.84. The SMILES string of the molecule is O=C(C[NH+]1CCOCC1)NN=Cc1ccccc1. The van der Waals surface area contributed by atoms with Crippen molar-refractivity contribution >= 4 is 12.1 Å². The summed E-state index contributed by atoms with van der Waals surface area (Å²) in [5.41, 5.74) is 3.52. The smallest absolute Gasteiger partial charge is 0.295 e. The Morgan fingerprint density at radius 1 is 1.33 bits per heavy atom. The van der Waals surface area contributed by atoms with Crippen molar-refractivity contribution in [2.45, 2.75) is 0 Å². The highest BCUT2D eigenvalue weighted by atomic mass is 16.5. The van der Waals surface area contributed by atoms with Gasteiger partial charge in [0.2, 0.25) is 0 Å². The number of morpholine rings is 1. The maximum Gasteiger partial charge on any atom is 0.295 e. The van der Waals surface area contributed by atoms with E-state index in [1.807, 2.05) is 30.3 Å². The van der Waals surface area contributed by atoms with Gasteiger partial charge in [0.05, 0.1) is 19.4 Å². The Hall–Kier alpha value is -1.72. The zero-order valence-electron chi connectivity index (χ0n) is 10.3. The molecule has 1 aromatic carbocycles. The number of amides is 1. The molecule has 0 aliphatic carbocycles. The lowest BCUT2D eigenvalue weighted by Crippen LogP contribution is -3.15. The van der Waals surface area contributed by atoms with E-state index in [9.17, 15) is 4.79 Å². The summed E-state index contributed by atoms with van der Waals surface area (Å²) in [7, 11) is 0. The van der Waals surface area contributed by atoms with E-state index < -0.39 is 0 Å². The summed E-state index contributed by atoms with van der Waals surface area (Å²) < 4.78 is 5.24. The fourth-order valence-electron chi connectivity index (χ4n) is 1.82. The molecule has 0 unspecified atom stereocenters. The number of hydrazone groups is 1. The molecule has 18 heavy (non-hydrogen) atoms. The minimum atomic E-state index is -0.0564. The Labute approximate surface area is 106 Å². The fraction of sp³-hybridized carbons (Fsp3) is 0.385. The lowest BCUT2D eigenvalue weighted by Gasteiger charge is -2.22. The second-order valence-electron chi connectivity index (χ2n) is 4.24. The van der Waals surface area contributed by atoms with Gasteiger partial charge in [0.15, 0.2) is 6.54 Å². The summed E-state index contributed by atoms with van der Waals surface area (Å²) in [4.78, 5) is 12.9. The van der Waals surface area contributed by atoms with E-state index in [0.29, 0.717) is 6.54 Å². The molecule has 1 saturated heterocycles. The van der Waals surface area contributed by atoms with Crippen molar-refractivity contribution < 1.29 is 14.4 Å². The summed E-state index contributed by atoms with van der Waals surface area (Å²) in [6.45, 7) is 3.69. The van der Waals surface area contributed by atoms with Gasteiger partial charge in [-0.1, -0.05) is 30.3 Å². The predicted octanol–water partition coefficient (Wildman–Crippen LogP) is -0.948. The normalized spacial score (nSPS) is 16.9. The number of nitrogens with zero attached hydrogens (tertiary/aromatic N) is 1. The van der Waals surface area contributed by atoms with Gasteiger partial charge in [0.1, 0.15) is 13.1 Å². The van der Waals surface area contributed by atoms with Gasteiger partial charge in [-0.25, -0.2) is 5.43 Å². The van der Waals surface area contributed by atoms with Crippen molar-refractivity contribution in [3.8, 4) is 0 Å². The Balaban J connectivity index is 1.72. The highest BCUT2D eigenvalue weighted by Crippen LogP contribution is 1.92. The van der Waals surface area contributed by atoms with E-state index in [4.69, 9.17) is 4.74 Å². The van der Waals surface area contributed by atoms with E-state index >= 15 is 0 Å². The Morgan fingerprint density at radius 3 is 2.78 bits per heavy atom. The lowest BCUT2D eigenvalue weighted by molar-refractivity contribution is -0.900. The number of benzene rings is 1. The first-order valence-corrected chi connectivity index (χ1v) is 6.13. The van der Waals surface area contributed by atoms with Crippen LogP contribution in [0.5, 0.6) is 0 Å². The zero-order valence-corrected chi connectivity index (χ0v) is 10.3. The van der Waals surface area contributed by atoms with Crippen LogP contribution < -0.4 is 10.3 Å². The largest absolute Gasteiger partial charge is 0.370 e. The molecule has 5 heteroatoms. The standard InChI is InChI=1S/C13H17N3O2/c17-13(11-16-6-8-18-9-7-16)15-14-10-12-4-2-1-3-5-12/h1-5,10H,6-9,11H2,(H,15,17)/p+1. The number of hydrogen-bond donors (Lipinski definition) is 2. The first kappa shape index (κ1) is 12.7. The molecule has 5 nitrogen and oxygen atoms in total. The number of quaternary nitrogens is 1. The van der Waals surface area contributed by atoms with Crippen LogP contribution in [-0.4, -0.2) is 45.0 Å². The quantitative estimate of drug-likeness (QED) is 0.533. The van der Waals surface area contributed by atoms with Crippen LogP contribution in [0.3, 0.4) is 0 Å². The number of carbonyl (C=O) groups is 1. The first-order valence-electron chi connectivity index (χ1n) is 6.13. The third-order valence-electron chi connectivity index (χ3n) is 2.81. The van der Waals surface area contributed by atoms with Gasteiger partial charge in [-0.05, 0) is 5.56 Å². The van der Waals surface area contributed by atoms with Gasteiger partial charge >= 0.3 is 0 Å². The van der Waals surface area contributed by atoms with Crippen molar-refractivity contribution in [2.24, 2.45) is 5.10 Å². The van der Waals surface area contributed by atoms with Crippen LogP contribution in [0.1, 0.15) is 5.56 Å². The highest BCUT2D eigenvalue weighted by Gasteiger charge is 2.16. The molecule has 0 aromatic heterocycles. The average molecular weight is 248 g/mol. The van der Waals surface area contributed by atoms with Gasteiger partial charge in [-0.2, -0.15) is 5.10 Å². The third kappa shape index (κ3) is 4.27. The fourth-order valence-corrected chi connectivity index (χ4v) is 1.82. The molecule has 1 fully saturated rings. The molecule has 0 bridgehead atoms. The molecule has 1 aliphatic heterocycles. The molecular weight excluding hydrogens is 230 g/mol. The van der Waals surface area contributed by atoms with Crippen molar-refractivity contribution in [1.82, 2.24) is 5.43 Å². The van der Waals surface area contributed by atoms with Gasteiger partial charge < -0.3 is 9.64 Å². The number of carbonyl (C=O) groups excluding carboxylic acids is 1. The zero-order chi connectivity index (χ0) is 12.6. The summed E-state index contributed by atoms with van der Waals surface area (Å²) in [6.07, 6.45) is 1.65. The number of ether oxygens (including phenoxy) is 1. The van der Waals surface area contributed by atoms with Crippen LogP contribution >= 0.6 is 0 Å². The van der Waals surface area contributed by atoms with E-state index in [0.717, 1.165) is 31.9 Å². The van der Waals surface area contributed by atoms with E-state index in [1.165, 1.54) is 4.90 Å². The van der Waals surface area contributed by atoms with Crippen LogP contribution in [0.15, 0.2) is 35.4 Å². The van der Waals surface area contributed by atoms with Crippen LogP contribution in [-0.2, 0) is 9.53 Å². The maximum absolute atomic E-state index is 11.6. The summed E-state index contributed by atoms with van der Waals surface area (Å²) in [5, 5.41) is 3.94. The molecule has 0 saturated carbocycles. The van der Waals surface area contributed by atoms with Crippen LogP contribution in [0, 0.1) is 0 Å². The Bertz CT molecular complexity index is 400. The molecule has 0 spiro atoms. The second-order valence-corrected chi connectivity index (χ2v) is 4.24. The Morgan fingerprint density at radius 2 is 2.06 bits per heavy atom. The van der Waals surface area contributed by atoms with Crippen molar-refractivity contribution in [1.29, 1.82) is 0 Å². The second kappa shape index (κ2) is 6.88. The van der Waals surface area contributed by atoms with Crippen LogP contribution in [0.25, 0.3) is 0 Å². The third-order valence-corrected chi connectivity index (χ3v) is 2.81. The summed E-state index contributed by atoms with van der Waals surface area (Å²) in [6, 6.07) is 9.67. The number of rotatable bonds is 4. The molecule has 1 amide bonds. The van der Waals surface area contributed by atoms with Gasteiger partial charge in [-0.3, -0.25) is 4.79 Å². The van der Waals surface area contributed by atoms with Crippen LogP contribution in [0.4, 0.5) is 0 Å².